The maximum Gasteiger partial charge on any atom is 0.124 e. The summed E-state index contributed by atoms with van der Waals surface area (Å²) in [6.07, 6.45) is 5.07. The van der Waals surface area contributed by atoms with Crippen molar-refractivity contribution in [2.75, 3.05) is 5.32 Å². The second kappa shape index (κ2) is 4.34. The van der Waals surface area contributed by atoms with Gasteiger partial charge in [0.05, 0.1) is 0 Å². The van der Waals surface area contributed by atoms with Crippen molar-refractivity contribution in [2.45, 2.75) is 31.7 Å². The summed E-state index contributed by atoms with van der Waals surface area (Å²) in [7, 11) is 0. The predicted molar refractivity (Wildman–Crippen MR) is 63.3 cm³/mol. The van der Waals surface area contributed by atoms with E-state index in [9.17, 15) is 0 Å². The van der Waals surface area contributed by atoms with Crippen LogP contribution < -0.4 is 11.1 Å². The molecule has 0 unspecified atom stereocenters. The van der Waals surface area contributed by atoms with E-state index in [4.69, 9.17) is 11.1 Å². The van der Waals surface area contributed by atoms with Crippen molar-refractivity contribution in [2.24, 2.45) is 5.73 Å². The molecule has 1 saturated carbocycles. The van der Waals surface area contributed by atoms with E-state index in [-0.39, 0.29) is 5.84 Å². The summed E-state index contributed by atoms with van der Waals surface area (Å²) in [6.45, 7) is 0. The molecule has 0 radical (unpaired) electrons. The Morgan fingerprint density at radius 2 is 1.93 bits per heavy atom. The molecule has 0 aliphatic heterocycles. The lowest BCUT2D eigenvalue weighted by molar-refractivity contribution is 0.755. The fourth-order valence-electron chi connectivity index (χ4n) is 2.13. The molecule has 1 aromatic rings. The molecule has 80 valence electrons. The van der Waals surface area contributed by atoms with Gasteiger partial charge >= 0.3 is 0 Å². The summed E-state index contributed by atoms with van der Waals surface area (Å²) < 4.78 is 0. The van der Waals surface area contributed by atoms with E-state index in [0.717, 1.165) is 11.3 Å². The van der Waals surface area contributed by atoms with Crippen molar-refractivity contribution < 1.29 is 0 Å². The van der Waals surface area contributed by atoms with Crippen LogP contribution in [0.5, 0.6) is 0 Å². The van der Waals surface area contributed by atoms with Gasteiger partial charge in [-0.3, -0.25) is 5.41 Å². The average molecular weight is 203 g/mol. The van der Waals surface area contributed by atoms with Crippen molar-refractivity contribution in [3.8, 4) is 0 Å². The molecular weight excluding hydrogens is 186 g/mol. The molecule has 0 saturated heterocycles. The summed E-state index contributed by atoms with van der Waals surface area (Å²) in [6, 6.07) is 8.33. The monoisotopic (exact) mass is 203 g/mol. The molecule has 0 atom stereocenters. The number of nitrogens with two attached hydrogens (primary N) is 1. The Kier molecular flexibility index (Phi) is 2.90. The topological polar surface area (TPSA) is 61.9 Å². The number of nitrogen functional groups attached to an aromatic ring is 1. The molecule has 0 amide bonds. The lowest BCUT2D eigenvalue weighted by atomic mass is 10.1. The first kappa shape index (κ1) is 10.0. The molecule has 1 aromatic carbocycles. The van der Waals surface area contributed by atoms with Crippen LogP contribution in [0.2, 0.25) is 0 Å². The first-order valence-electron chi connectivity index (χ1n) is 5.47. The maximum atomic E-state index is 7.49. The molecule has 2 rings (SSSR count). The van der Waals surface area contributed by atoms with Gasteiger partial charge in [0.2, 0.25) is 0 Å². The number of para-hydroxylation sites is 1. The molecule has 1 aliphatic rings. The van der Waals surface area contributed by atoms with Crippen LogP contribution in [0.25, 0.3) is 0 Å². The number of nitrogens with one attached hydrogen (secondary N) is 2. The molecule has 4 N–H and O–H groups in total. The number of benzene rings is 1. The lowest BCUT2D eigenvalue weighted by Crippen LogP contribution is -2.19. The number of anilines is 1. The molecule has 1 fully saturated rings. The van der Waals surface area contributed by atoms with Gasteiger partial charge in [0.1, 0.15) is 5.84 Å². The number of hydrogen-bond acceptors (Lipinski definition) is 2. The minimum Gasteiger partial charge on any atom is -0.384 e. The van der Waals surface area contributed by atoms with Gasteiger partial charge in [-0.2, -0.15) is 0 Å². The SMILES string of the molecule is N=C(N)c1ccccc1NC1CCCC1. The first-order valence-corrected chi connectivity index (χ1v) is 5.47. The largest absolute Gasteiger partial charge is 0.384 e. The minimum atomic E-state index is 0.135. The standard InChI is InChI=1S/C12H17N3/c13-12(14)10-7-3-4-8-11(10)15-9-5-1-2-6-9/h3-4,7-9,15H,1-2,5-6H2,(H3,13,14). The molecule has 15 heavy (non-hydrogen) atoms. The number of amidine groups is 1. The van der Waals surface area contributed by atoms with Gasteiger partial charge in [-0.1, -0.05) is 25.0 Å². The summed E-state index contributed by atoms with van der Waals surface area (Å²) in [4.78, 5) is 0. The summed E-state index contributed by atoms with van der Waals surface area (Å²) in [5, 5.41) is 11.0. The van der Waals surface area contributed by atoms with Gasteiger partial charge in [0.25, 0.3) is 0 Å². The van der Waals surface area contributed by atoms with E-state index in [1.54, 1.807) is 0 Å². The highest BCUT2D eigenvalue weighted by Crippen LogP contribution is 2.24. The van der Waals surface area contributed by atoms with Crippen LogP contribution in [-0.2, 0) is 0 Å². The van der Waals surface area contributed by atoms with E-state index >= 15 is 0 Å². The summed E-state index contributed by atoms with van der Waals surface area (Å²) in [5.41, 5.74) is 7.34. The van der Waals surface area contributed by atoms with Crippen molar-refractivity contribution in [3.05, 3.63) is 29.8 Å². The quantitative estimate of drug-likeness (QED) is 0.521. The maximum absolute atomic E-state index is 7.49. The summed E-state index contributed by atoms with van der Waals surface area (Å²) in [5.74, 6) is 0.135. The van der Waals surface area contributed by atoms with Gasteiger partial charge in [-0.05, 0) is 25.0 Å². The normalized spacial score (nSPS) is 16.5. The number of hydrogen-bond donors (Lipinski definition) is 3. The Balaban J connectivity index is 2.15. The van der Waals surface area contributed by atoms with Gasteiger partial charge in [0, 0.05) is 17.3 Å². The highest BCUT2D eigenvalue weighted by molar-refractivity contribution is 6.00. The highest BCUT2D eigenvalue weighted by Gasteiger charge is 2.15. The van der Waals surface area contributed by atoms with Crippen LogP contribution in [-0.4, -0.2) is 11.9 Å². The number of rotatable bonds is 3. The molecular formula is C12H17N3. The molecule has 0 spiro atoms. The van der Waals surface area contributed by atoms with Crippen LogP contribution in [0.3, 0.4) is 0 Å². The minimum absolute atomic E-state index is 0.135. The third kappa shape index (κ3) is 2.29. The molecule has 3 heteroatoms. The Labute approximate surface area is 90.2 Å². The second-order valence-electron chi connectivity index (χ2n) is 4.08. The van der Waals surface area contributed by atoms with Crippen LogP contribution >= 0.6 is 0 Å². The zero-order valence-electron chi connectivity index (χ0n) is 8.79. The van der Waals surface area contributed by atoms with E-state index < -0.39 is 0 Å². The molecule has 0 heterocycles. The van der Waals surface area contributed by atoms with Crippen LogP contribution in [0.15, 0.2) is 24.3 Å². The first-order chi connectivity index (χ1) is 7.27. The Morgan fingerprint density at radius 3 is 2.60 bits per heavy atom. The molecule has 0 aromatic heterocycles. The fourth-order valence-corrected chi connectivity index (χ4v) is 2.13. The van der Waals surface area contributed by atoms with Crippen molar-refractivity contribution in [1.29, 1.82) is 5.41 Å². The summed E-state index contributed by atoms with van der Waals surface area (Å²) >= 11 is 0. The van der Waals surface area contributed by atoms with E-state index in [1.807, 2.05) is 24.3 Å². The fraction of sp³-hybridized carbons (Fsp3) is 0.417. The van der Waals surface area contributed by atoms with Gasteiger partial charge in [-0.15, -0.1) is 0 Å². The zero-order valence-corrected chi connectivity index (χ0v) is 8.79. The van der Waals surface area contributed by atoms with Crippen molar-refractivity contribution >= 4 is 11.5 Å². The van der Waals surface area contributed by atoms with Crippen LogP contribution in [0.4, 0.5) is 5.69 Å². The second-order valence-corrected chi connectivity index (χ2v) is 4.08. The highest BCUT2D eigenvalue weighted by atomic mass is 14.9. The van der Waals surface area contributed by atoms with Crippen LogP contribution in [0, 0.1) is 5.41 Å². The Bertz CT molecular complexity index is 354. The van der Waals surface area contributed by atoms with Crippen molar-refractivity contribution in [3.63, 3.8) is 0 Å². The molecule has 1 aliphatic carbocycles. The molecule has 0 bridgehead atoms. The van der Waals surface area contributed by atoms with Gasteiger partial charge < -0.3 is 11.1 Å². The third-order valence-electron chi connectivity index (χ3n) is 2.93. The third-order valence-corrected chi connectivity index (χ3v) is 2.93. The van der Waals surface area contributed by atoms with Crippen LogP contribution in [0.1, 0.15) is 31.2 Å². The van der Waals surface area contributed by atoms with Gasteiger partial charge in [-0.25, -0.2) is 0 Å². The van der Waals surface area contributed by atoms with E-state index in [1.165, 1.54) is 25.7 Å². The average Bonchev–Trinajstić information content (AvgIpc) is 2.71. The molecule has 3 nitrogen and oxygen atoms in total. The van der Waals surface area contributed by atoms with E-state index in [0.29, 0.717) is 6.04 Å². The lowest BCUT2D eigenvalue weighted by Gasteiger charge is -2.16. The Hall–Kier alpha value is -1.51. The predicted octanol–water partition coefficient (Wildman–Crippen LogP) is 2.33. The Morgan fingerprint density at radius 1 is 1.27 bits per heavy atom. The van der Waals surface area contributed by atoms with E-state index in [2.05, 4.69) is 5.32 Å². The van der Waals surface area contributed by atoms with Crippen molar-refractivity contribution in [1.82, 2.24) is 0 Å². The van der Waals surface area contributed by atoms with Gasteiger partial charge in [0.15, 0.2) is 0 Å². The smallest absolute Gasteiger partial charge is 0.124 e. The zero-order chi connectivity index (χ0) is 10.7.